The van der Waals surface area contributed by atoms with Crippen molar-refractivity contribution in [2.45, 2.75) is 6.36 Å². The minimum Gasteiger partial charge on any atom is -0.405 e. The monoisotopic (exact) mass is 320 g/mol. The topological polar surface area (TPSA) is 87.0 Å². The molecule has 3 rings (SSSR count). The lowest BCUT2D eigenvalue weighted by Crippen LogP contribution is -2.17. The summed E-state index contributed by atoms with van der Waals surface area (Å²) < 4.78 is 41.6. The van der Waals surface area contributed by atoms with Crippen LogP contribution in [-0.2, 0) is 0 Å². The molecule has 0 aliphatic carbocycles. The Labute approximate surface area is 128 Å². The van der Waals surface area contributed by atoms with E-state index in [0.717, 1.165) is 0 Å². The van der Waals surface area contributed by atoms with Gasteiger partial charge in [0.2, 0.25) is 0 Å². The molecular formula is C15H11F3N4O. The molecule has 0 aliphatic rings. The van der Waals surface area contributed by atoms with Crippen molar-refractivity contribution in [3.63, 3.8) is 0 Å². The van der Waals surface area contributed by atoms with Gasteiger partial charge in [-0.15, -0.1) is 13.2 Å². The highest BCUT2D eigenvalue weighted by molar-refractivity contribution is 5.99. The zero-order valence-electron chi connectivity index (χ0n) is 11.6. The third kappa shape index (κ3) is 2.96. The van der Waals surface area contributed by atoms with Gasteiger partial charge < -0.3 is 16.2 Å². The van der Waals surface area contributed by atoms with Crippen LogP contribution in [0.2, 0.25) is 0 Å². The highest BCUT2D eigenvalue weighted by Gasteiger charge is 2.31. The van der Waals surface area contributed by atoms with Crippen molar-refractivity contribution >= 4 is 22.4 Å². The van der Waals surface area contributed by atoms with Gasteiger partial charge in [0.15, 0.2) is 0 Å². The van der Waals surface area contributed by atoms with Gasteiger partial charge >= 0.3 is 6.36 Å². The van der Waals surface area contributed by atoms with Crippen molar-refractivity contribution in [3.8, 4) is 17.0 Å². The molecule has 8 heteroatoms. The van der Waals surface area contributed by atoms with Crippen molar-refractivity contribution in [3.05, 3.63) is 42.6 Å². The fraction of sp³-hybridized carbons (Fsp3) is 0.0667. The van der Waals surface area contributed by atoms with Gasteiger partial charge in [0, 0.05) is 22.5 Å². The first-order valence-corrected chi connectivity index (χ1v) is 6.51. The van der Waals surface area contributed by atoms with E-state index in [2.05, 4.69) is 14.7 Å². The van der Waals surface area contributed by atoms with Crippen LogP contribution in [0, 0.1) is 0 Å². The molecule has 3 aromatic rings. The first-order chi connectivity index (χ1) is 10.8. The van der Waals surface area contributed by atoms with E-state index < -0.39 is 6.36 Å². The van der Waals surface area contributed by atoms with Gasteiger partial charge in [0.25, 0.3) is 0 Å². The van der Waals surface area contributed by atoms with Crippen LogP contribution in [0.25, 0.3) is 22.0 Å². The number of nitrogen functional groups attached to an aromatic ring is 2. The Bertz CT molecular complexity index is 880. The predicted molar refractivity (Wildman–Crippen MR) is 80.5 cm³/mol. The molecule has 0 unspecified atom stereocenters. The number of aromatic nitrogens is 2. The predicted octanol–water partition coefficient (Wildman–Crippen LogP) is 3.36. The van der Waals surface area contributed by atoms with Crippen LogP contribution in [0.5, 0.6) is 5.75 Å². The summed E-state index contributed by atoms with van der Waals surface area (Å²) in [7, 11) is 0. The summed E-state index contributed by atoms with van der Waals surface area (Å²) in [4.78, 5) is 8.15. The van der Waals surface area contributed by atoms with E-state index in [1.807, 2.05) is 0 Å². The lowest BCUT2D eigenvalue weighted by molar-refractivity contribution is -0.274. The number of hydrogen-bond acceptors (Lipinski definition) is 5. The molecule has 2 aromatic heterocycles. The number of nitrogens with zero attached hydrogens (tertiary/aromatic N) is 2. The zero-order valence-corrected chi connectivity index (χ0v) is 11.6. The molecule has 0 saturated heterocycles. The fourth-order valence-corrected chi connectivity index (χ4v) is 2.30. The fourth-order valence-electron chi connectivity index (χ4n) is 2.30. The summed E-state index contributed by atoms with van der Waals surface area (Å²) in [5, 5.41) is 0.735. The quantitative estimate of drug-likeness (QED) is 0.756. The summed E-state index contributed by atoms with van der Waals surface area (Å²) in [5.74, 6) is 0.0837. The summed E-state index contributed by atoms with van der Waals surface area (Å²) in [6, 6.07) is 8.94. The first kappa shape index (κ1) is 14.9. The van der Waals surface area contributed by atoms with Gasteiger partial charge in [0.05, 0.1) is 5.69 Å². The van der Waals surface area contributed by atoms with Crippen LogP contribution < -0.4 is 16.2 Å². The normalized spacial score (nSPS) is 11.6. The summed E-state index contributed by atoms with van der Waals surface area (Å²) >= 11 is 0. The van der Waals surface area contributed by atoms with E-state index in [1.165, 1.54) is 24.4 Å². The third-order valence-electron chi connectivity index (χ3n) is 3.19. The number of alkyl halides is 3. The van der Waals surface area contributed by atoms with Crippen molar-refractivity contribution in [2.75, 3.05) is 11.5 Å². The number of rotatable bonds is 2. The number of benzene rings is 1. The van der Waals surface area contributed by atoms with Crippen molar-refractivity contribution in [1.82, 2.24) is 9.97 Å². The highest BCUT2D eigenvalue weighted by atomic mass is 19.4. The molecule has 0 spiro atoms. The van der Waals surface area contributed by atoms with Crippen LogP contribution in [0.1, 0.15) is 0 Å². The molecular weight excluding hydrogens is 309 g/mol. The van der Waals surface area contributed by atoms with E-state index in [0.29, 0.717) is 16.6 Å². The van der Waals surface area contributed by atoms with Crippen LogP contribution >= 0.6 is 0 Å². The van der Waals surface area contributed by atoms with Crippen LogP contribution in [0.3, 0.4) is 0 Å². The Kier molecular flexibility index (Phi) is 3.44. The maximum atomic E-state index is 12.5. The van der Waals surface area contributed by atoms with Crippen molar-refractivity contribution in [2.24, 2.45) is 0 Å². The molecule has 0 bridgehead atoms. The van der Waals surface area contributed by atoms with Crippen LogP contribution in [-0.4, -0.2) is 16.3 Å². The van der Waals surface area contributed by atoms with E-state index in [9.17, 15) is 13.2 Å². The molecule has 5 nitrogen and oxygen atoms in total. The number of anilines is 2. The number of hydrogen-bond donors (Lipinski definition) is 2. The van der Waals surface area contributed by atoms with Crippen molar-refractivity contribution in [1.29, 1.82) is 0 Å². The second-order valence-electron chi connectivity index (χ2n) is 4.73. The molecule has 2 heterocycles. The summed E-state index contributed by atoms with van der Waals surface area (Å²) in [6.45, 7) is 0. The van der Waals surface area contributed by atoms with E-state index in [-0.39, 0.29) is 22.8 Å². The van der Waals surface area contributed by atoms with Gasteiger partial charge in [-0.1, -0.05) is 12.1 Å². The van der Waals surface area contributed by atoms with Gasteiger partial charge in [-0.3, -0.25) is 4.98 Å². The molecule has 1 aromatic carbocycles. The zero-order chi connectivity index (χ0) is 16.6. The smallest absolute Gasteiger partial charge is 0.405 e. The summed E-state index contributed by atoms with van der Waals surface area (Å²) in [6.07, 6.45) is -3.39. The SMILES string of the molecule is Nc1ccc(-c2nccc3c(OC(F)(F)F)cccc23)c(N)n1. The second kappa shape index (κ2) is 5.31. The Balaban J connectivity index is 2.22. The van der Waals surface area contributed by atoms with Crippen LogP contribution in [0.15, 0.2) is 42.6 Å². The standard InChI is InChI=1S/C15H11F3N4O/c16-15(17,18)23-11-3-1-2-9-8(11)6-7-21-13(9)10-4-5-12(19)22-14(10)20/h1-7H,(H4,19,20,22). The molecule has 0 atom stereocenters. The molecule has 0 fully saturated rings. The average molecular weight is 320 g/mol. The Hall–Kier alpha value is -3.03. The minimum atomic E-state index is -4.78. The van der Waals surface area contributed by atoms with Gasteiger partial charge in [-0.2, -0.15) is 0 Å². The number of halogens is 3. The summed E-state index contributed by atoms with van der Waals surface area (Å²) in [5.41, 5.74) is 12.3. The van der Waals surface area contributed by atoms with Gasteiger partial charge in [0.1, 0.15) is 17.4 Å². The molecule has 0 saturated carbocycles. The average Bonchev–Trinajstić information content (AvgIpc) is 2.46. The van der Waals surface area contributed by atoms with Crippen LogP contribution in [0.4, 0.5) is 24.8 Å². The Morgan fingerprint density at radius 2 is 1.74 bits per heavy atom. The van der Waals surface area contributed by atoms with E-state index in [4.69, 9.17) is 11.5 Å². The molecule has 4 N–H and O–H groups in total. The lowest BCUT2D eigenvalue weighted by atomic mass is 10.0. The molecule has 118 valence electrons. The van der Waals surface area contributed by atoms with Gasteiger partial charge in [-0.05, 0) is 24.3 Å². The maximum Gasteiger partial charge on any atom is 0.573 e. The Morgan fingerprint density at radius 3 is 2.43 bits per heavy atom. The molecule has 0 radical (unpaired) electrons. The maximum absolute atomic E-state index is 12.5. The van der Waals surface area contributed by atoms with E-state index in [1.54, 1.807) is 18.2 Å². The lowest BCUT2D eigenvalue weighted by Gasteiger charge is -2.13. The molecule has 23 heavy (non-hydrogen) atoms. The van der Waals surface area contributed by atoms with Gasteiger partial charge in [-0.25, -0.2) is 4.98 Å². The number of nitrogens with two attached hydrogens (primary N) is 2. The molecule has 0 aliphatic heterocycles. The Morgan fingerprint density at radius 1 is 0.957 bits per heavy atom. The third-order valence-corrected chi connectivity index (χ3v) is 3.19. The number of ether oxygens (including phenoxy) is 1. The second-order valence-corrected chi connectivity index (χ2v) is 4.73. The highest BCUT2D eigenvalue weighted by Crippen LogP contribution is 2.36. The number of fused-ring (bicyclic) bond motifs is 1. The first-order valence-electron chi connectivity index (χ1n) is 6.51. The van der Waals surface area contributed by atoms with Crippen molar-refractivity contribution < 1.29 is 17.9 Å². The number of pyridine rings is 2. The van der Waals surface area contributed by atoms with E-state index >= 15 is 0 Å². The largest absolute Gasteiger partial charge is 0.573 e. The minimum absolute atomic E-state index is 0.146. The molecule has 0 amide bonds.